The Hall–Kier alpha value is -0.990. The second-order valence-corrected chi connectivity index (χ2v) is 13.2. The number of ether oxygens (including phenoxy) is 4. The van der Waals surface area contributed by atoms with Crippen molar-refractivity contribution in [3.8, 4) is 0 Å². The lowest BCUT2D eigenvalue weighted by atomic mass is 9.44. The summed E-state index contributed by atoms with van der Waals surface area (Å²) in [6.07, 6.45) is 6.01. The van der Waals surface area contributed by atoms with Gasteiger partial charge in [-0.2, -0.15) is 0 Å². The highest BCUT2D eigenvalue weighted by Gasteiger charge is 2.62. The zero-order chi connectivity index (χ0) is 26.7. The number of aliphatic hydroxyl groups is 2. The Labute approximate surface area is 222 Å². The lowest BCUT2D eigenvalue weighted by Crippen LogP contribution is -2.63. The summed E-state index contributed by atoms with van der Waals surface area (Å²) in [6, 6.07) is 0. The third kappa shape index (κ3) is 4.41. The van der Waals surface area contributed by atoms with Gasteiger partial charge in [-0.1, -0.05) is 19.9 Å². The standard InChI is InChI=1S/C30H48O7/c1-7-18-8-10-20-19-9-11-22-25(23(32)13-15-30(22,5)21(19)12-14-29(18,20)4)37-28-27(36-17(3)31)26(34-6)24(33)16(2)35-28/h7,16,18-28,32-33H,1,8-15H2,2-6H3/t16-,18-,19-,20-,21?,22+,23-,24+,25+,26+,27-,28-,29+,30+/m0/s1. The van der Waals surface area contributed by atoms with Gasteiger partial charge in [-0.25, -0.2) is 0 Å². The Morgan fingerprint density at radius 3 is 2.30 bits per heavy atom. The highest BCUT2D eigenvalue weighted by Crippen LogP contribution is 2.67. The number of esters is 1. The minimum Gasteiger partial charge on any atom is -0.454 e. The van der Waals surface area contributed by atoms with E-state index in [0.717, 1.165) is 25.2 Å². The highest BCUT2D eigenvalue weighted by atomic mass is 16.7. The van der Waals surface area contributed by atoms with E-state index < -0.39 is 48.9 Å². The number of fused-ring (bicyclic) bond motifs is 5. The summed E-state index contributed by atoms with van der Waals surface area (Å²) in [5.74, 6) is 2.42. The summed E-state index contributed by atoms with van der Waals surface area (Å²) in [6.45, 7) is 12.2. The van der Waals surface area contributed by atoms with Crippen molar-refractivity contribution in [2.24, 2.45) is 40.4 Å². The van der Waals surface area contributed by atoms with Gasteiger partial charge in [-0.3, -0.25) is 4.79 Å². The molecular weight excluding hydrogens is 472 g/mol. The van der Waals surface area contributed by atoms with E-state index >= 15 is 0 Å². The van der Waals surface area contributed by atoms with E-state index in [9.17, 15) is 15.0 Å². The van der Waals surface area contributed by atoms with Crippen molar-refractivity contribution < 1.29 is 34.0 Å². The van der Waals surface area contributed by atoms with Crippen LogP contribution in [0.5, 0.6) is 0 Å². The third-order valence-corrected chi connectivity index (χ3v) is 11.7. The average Bonchev–Trinajstić information content (AvgIpc) is 3.20. The fourth-order valence-electron chi connectivity index (χ4n) is 9.74. The van der Waals surface area contributed by atoms with Crippen molar-refractivity contribution in [2.75, 3.05) is 7.11 Å². The smallest absolute Gasteiger partial charge is 0.303 e. The van der Waals surface area contributed by atoms with Gasteiger partial charge < -0.3 is 29.2 Å². The van der Waals surface area contributed by atoms with Gasteiger partial charge in [0.2, 0.25) is 0 Å². The molecule has 0 aromatic carbocycles. The lowest BCUT2D eigenvalue weighted by molar-refractivity contribution is -0.330. The number of carbonyl (C=O) groups is 1. The molecule has 0 aromatic rings. The quantitative estimate of drug-likeness (QED) is 0.414. The zero-order valence-electron chi connectivity index (χ0n) is 23.3. The summed E-state index contributed by atoms with van der Waals surface area (Å²) in [7, 11) is 1.49. The predicted octanol–water partition coefficient (Wildman–Crippen LogP) is 4.24. The van der Waals surface area contributed by atoms with Gasteiger partial charge in [0.15, 0.2) is 12.4 Å². The molecule has 1 heterocycles. The van der Waals surface area contributed by atoms with Crippen molar-refractivity contribution >= 4 is 5.97 Å². The van der Waals surface area contributed by atoms with Crippen LogP contribution in [0, 0.1) is 40.4 Å². The molecule has 5 fully saturated rings. The Balaban J connectivity index is 1.39. The van der Waals surface area contributed by atoms with Crippen LogP contribution in [0.2, 0.25) is 0 Å². The molecule has 210 valence electrons. The molecule has 4 saturated carbocycles. The van der Waals surface area contributed by atoms with E-state index in [1.165, 1.54) is 39.7 Å². The first-order valence-corrected chi connectivity index (χ1v) is 14.5. The van der Waals surface area contributed by atoms with Crippen LogP contribution >= 0.6 is 0 Å². The fourth-order valence-corrected chi connectivity index (χ4v) is 9.74. The highest BCUT2D eigenvalue weighted by molar-refractivity contribution is 5.66. The van der Waals surface area contributed by atoms with Gasteiger partial charge >= 0.3 is 5.97 Å². The van der Waals surface area contributed by atoms with Crippen LogP contribution in [0.25, 0.3) is 0 Å². The lowest BCUT2D eigenvalue weighted by Gasteiger charge is -2.62. The molecule has 1 unspecified atom stereocenters. The second-order valence-electron chi connectivity index (χ2n) is 13.2. The maximum atomic E-state index is 11.9. The maximum absolute atomic E-state index is 11.9. The molecule has 7 heteroatoms. The molecule has 2 N–H and O–H groups in total. The molecule has 14 atom stereocenters. The number of methoxy groups -OCH3 is 1. The fraction of sp³-hybridized carbons (Fsp3) is 0.900. The van der Waals surface area contributed by atoms with Crippen LogP contribution in [-0.2, 0) is 23.7 Å². The molecule has 5 aliphatic rings. The SMILES string of the molecule is C=C[C@H]1CC[C@H]2[C@@H]3CC[C@@H]4[C@@H](O[C@@H]5O[C@@H](C)[C@@H](O)[C@@H](OC)[C@@H]5OC(C)=O)[C@@H](O)CC[C@]4(C)C3CC[C@]12C. The largest absolute Gasteiger partial charge is 0.454 e. The van der Waals surface area contributed by atoms with Crippen molar-refractivity contribution in [3.05, 3.63) is 12.7 Å². The molecule has 0 aromatic heterocycles. The number of allylic oxidation sites excluding steroid dienone is 1. The zero-order valence-corrected chi connectivity index (χ0v) is 23.3. The van der Waals surface area contributed by atoms with Crippen molar-refractivity contribution in [1.29, 1.82) is 0 Å². The summed E-state index contributed by atoms with van der Waals surface area (Å²) in [5.41, 5.74) is 0.452. The number of hydrogen-bond acceptors (Lipinski definition) is 7. The number of aliphatic hydroxyl groups excluding tert-OH is 2. The molecule has 0 bridgehead atoms. The molecule has 1 aliphatic heterocycles. The average molecular weight is 521 g/mol. The van der Waals surface area contributed by atoms with Crippen LogP contribution in [-0.4, -0.2) is 66.2 Å². The summed E-state index contributed by atoms with van der Waals surface area (Å²) >= 11 is 0. The van der Waals surface area contributed by atoms with Crippen molar-refractivity contribution in [2.45, 2.75) is 122 Å². The van der Waals surface area contributed by atoms with Gasteiger partial charge in [0.1, 0.15) is 12.2 Å². The van der Waals surface area contributed by atoms with Gasteiger partial charge in [-0.05, 0) is 98.7 Å². The van der Waals surface area contributed by atoms with E-state index in [4.69, 9.17) is 18.9 Å². The maximum Gasteiger partial charge on any atom is 0.303 e. The molecule has 37 heavy (non-hydrogen) atoms. The Morgan fingerprint density at radius 1 is 0.946 bits per heavy atom. The first-order valence-electron chi connectivity index (χ1n) is 14.5. The second kappa shape index (κ2) is 10.2. The summed E-state index contributed by atoms with van der Waals surface area (Å²) < 4.78 is 23.8. The minimum atomic E-state index is -0.950. The first-order chi connectivity index (χ1) is 17.5. The van der Waals surface area contributed by atoms with Gasteiger partial charge in [0.25, 0.3) is 0 Å². The van der Waals surface area contributed by atoms with Crippen LogP contribution in [0.15, 0.2) is 12.7 Å². The van der Waals surface area contributed by atoms with E-state index in [1.54, 1.807) is 6.92 Å². The van der Waals surface area contributed by atoms with Gasteiger partial charge in [-0.15, -0.1) is 6.58 Å². The Morgan fingerprint density at radius 2 is 1.62 bits per heavy atom. The molecule has 7 nitrogen and oxygen atoms in total. The van der Waals surface area contributed by atoms with Crippen LogP contribution < -0.4 is 0 Å². The number of carbonyl (C=O) groups excluding carboxylic acids is 1. The molecule has 0 amide bonds. The third-order valence-electron chi connectivity index (χ3n) is 11.7. The molecule has 5 rings (SSSR count). The normalized spacial score (nSPS) is 53.5. The first kappa shape index (κ1) is 27.6. The molecule has 0 spiro atoms. The van der Waals surface area contributed by atoms with Gasteiger partial charge in [0.05, 0.1) is 18.3 Å². The molecule has 1 saturated heterocycles. The van der Waals surface area contributed by atoms with E-state index in [0.29, 0.717) is 29.6 Å². The summed E-state index contributed by atoms with van der Waals surface area (Å²) in [4.78, 5) is 11.9. The molecule has 4 aliphatic carbocycles. The summed E-state index contributed by atoms with van der Waals surface area (Å²) in [5, 5.41) is 21.9. The Bertz CT molecular complexity index is 863. The van der Waals surface area contributed by atoms with E-state index in [2.05, 4.69) is 26.5 Å². The van der Waals surface area contributed by atoms with Crippen LogP contribution in [0.1, 0.15) is 79.1 Å². The minimum absolute atomic E-state index is 0.0811. The number of rotatable bonds is 5. The monoisotopic (exact) mass is 520 g/mol. The van der Waals surface area contributed by atoms with Crippen molar-refractivity contribution in [3.63, 3.8) is 0 Å². The molecule has 0 radical (unpaired) electrons. The van der Waals surface area contributed by atoms with E-state index in [-0.39, 0.29) is 11.3 Å². The molecular formula is C30H48O7. The topological polar surface area (TPSA) is 94.5 Å². The van der Waals surface area contributed by atoms with Crippen LogP contribution in [0.4, 0.5) is 0 Å². The van der Waals surface area contributed by atoms with Gasteiger partial charge in [0, 0.05) is 14.0 Å². The van der Waals surface area contributed by atoms with Crippen LogP contribution in [0.3, 0.4) is 0 Å². The van der Waals surface area contributed by atoms with Crippen molar-refractivity contribution in [1.82, 2.24) is 0 Å². The Kier molecular flexibility index (Phi) is 7.60. The van der Waals surface area contributed by atoms with E-state index in [1.807, 2.05) is 0 Å². The number of hydrogen-bond donors (Lipinski definition) is 2. The predicted molar refractivity (Wildman–Crippen MR) is 138 cm³/mol.